The van der Waals surface area contributed by atoms with Crippen LogP contribution >= 0.6 is 0 Å². The minimum atomic E-state index is 0.0524. The fourth-order valence-electron chi connectivity index (χ4n) is 2.78. The van der Waals surface area contributed by atoms with Crippen LogP contribution in [0.15, 0.2) is 48.5 Å². The van der Waals surface area contributed by atoms with E-state index in [1.54, 1.807) is 0 Å². The first-order chi connectivity index (χ1) is 12.6. The van der Waals surface area contributed by atoms with Gasteiger partial charge >= 0.3 is 0 Å². The maximum Gasteiger partial charge on any atom is 0.224 e. The number of benzene rings is 2. The third-order valence-corrected chi connectivity index (χ3v) is 4.40. The van der Waals surface area contributed by atoms with Crippen molar-refractivity contribution in [2.24, 2.45) is 0 Å². The van der Waals surface area contributed by atoms with Gasteiger partial charge in [0.05, 0.1) is 0 Å². The largest absolute Gasteiger partial charge is 0.326 e. The van der Waals surface area contributed by atoms with Gasteiger partial charge in [-0.15, -0.1) is 0 Å². The molecule has 0 aromatic heterocycles. The first-order valence-electron chi connectivity index (χ1n) is 9.27. The Hall–Kier alpha value is -2.62. The molecule has 2 rings (SSSR count). The van der Waals surface area contributed by atoms with Gasteiger partial charge in [-0.05, 0) is 49.9 Å². The summed E-state index contributed by atoms with van der Waals surface area (Å²) in [5, 5.41) is 5.90. The zero-order valence-corrected chi connectivity index (χ0v) is 15.7. The Morgan fingerprint density at radius 1 is 0.654 bits per heavy atom. The second-order valence-electron chi connectivity index (χ2n) is 6.64. The molecule has 0 atom stereocenters. The highest BCUT2D eigenvalue weighted by atomic mass is 16.2. The Kier molecular flexibility index (Phi) is 7.87. The summed E-state index contributed by atoms with van der Waals surface area (Å²) in [6, 6.07) is 15.6. The molecule has 2 aromatic rings. The molecular weight excluding hydrogens is 324 g/mol. The maximum absolute atomic E-state index is 12.0. The van der Waals surface area contributed by atoms with E-state index in [1.165, 1.54) is 0 Å². The highest BCUT2D eigenvalue weighted by Gasteiger charge is 2.06. The van der Waals surface area contributed by atoms with Gasteiger partial charge in [0.25, 0.3) is 0 Å². The molecule has 26 heavy (non-hydrogen) atoms. The Labute approximate surface area is 156 Å². The van der Waals surface area contributed by atoms with Crippen molar-refractivity contribution in [3.63, 3.8) is 0 Å². The van der Waals surface area contributed by atoms with Crippen molar-refractivity contribution < 1.29 is 9.59 Å². The predicted molar refractivity (Wildman–Crippen MR) is 107 cm³/mol. The quantitative estimate of drug-likeness (QED) is 0.608. The molecule has 0 radical (unpaired) electrons. The number of aryl methyl sites for hydroxylation is 2. The van der Waals surface area contributed by atoms with Gasteiger partial charge < -0.3 is 10.6 Å². The maximum atomic E-state index is 12.0. The van der Waals surface area contributed by atoms with E-state index in [4.69, 9.17) is 0 Å². The summed E-state index contributed by atoms with van der Waals surface area (Å²) >= 11 is 0. The predicted octanol–water partition coefficient (Wildman–Crippen LogP) is 5.22. The second-order valence-corrected chi connectivity index (χ2v) is 6.64. The lowest BCUT2D eigenvalue weighted by molar-refractivity contribution is -0.117. The number of para-hydroxylation sites is 2. The fraction of sp³-hybridized carbons (Fsp3) is 0.364. The van der Waals surface area contributed by atoms with E-state index in [1.807, 2.05) is 62.4 Å². The molecule has 0 aliphatic carbocycles. The Morgan fingerprint density at radius 2 is 1.04 bits per heavy atom. The molecule has 0 unspecified atom stereocenters. The van der Waals surface area contributed by atoms with Gasteiger partial charge in [-0.25, -0.2) is 0 Å². The third kappa shape index (κ3) is 6.71. The summed E-state index contributed by atoms with van der Waals surface area (Å²) in [5.41, 5.74) is 3.90. The number of hydrogen-bond acceptors (Lipinski definition) is 2. The van der Waals surface area contributed by atoms with E-state index in [-0.39, 0.29) is 11.8 Å². The van der Waals surface area contributed by atoms with Gasteiger partial charge in [0, 0.05) is 24.2 Å². The van der Waals surface area contributed by atoms with E-state index >= 15 is 0 Å². The van der Waals surface area contributed by atoms with Gasteiger partial charge in [-0.2, -0.15) is 0 Å². The van der Waals surface area contributed by atoms with E-state index in [9.17, 15) is 9.59 Å². The standard InChI is InChI=1S/C22H28N2O2/c1-17-11-7-9-13-19(17)23-21(25)15-5-3-4-6-16-22(26)24-20-14-10-8-12-18(20)2/h7-14H,3-6,15-16H2,1-2H3,(H,23,25)(H,24,26). The molecule has 0 bridgehead atoms. The molecule has 2 aromatic carbocycles. The van der Waals surface area contributed by atoms with Crippen molar-refractivity contribution in [2.45, 2.75) is 52.4 Å². The van der Waals surface area contributed by atoms with Crippen LogP contribution in [0.4, 0.5) is 11.4 Å². The van der Waals surface area contributed by atoms with Crippen molar-refractivity contribution in [1.29, 1.82) is 0 Å². The normalized spacial score (nSPS) is 10.4. The van der Waals surface area contributed by atoms with Crippen molar-refractivity contribution >= 4 is 23.2 Å². The molecular formula is C22H28N2O2. The molecule has 4 nitrogen and oxygen atoms in total. The third-order valence-electron chi connectivity index (χ3n) is 4.40. The molecule has 138 valence electrons. The molecule has 0 heterocycles. The smallest absolute Gasteiger partial charge is 0.224 e. The van der Waals surface area contributed by atoms with Crippen LogP contribution in [0.25, 0.3) is 0 Å². The zero-order chi connectivity index (χ0) is 18.8. The van der Waals surface area contributed by atoms with Crippen LogP contribution in [-0.2, 0) is 9.59 Å². The minimum Gasteiger partial charge on any atom is -0.326 e. The molecule has 0 fully saturated rings. The number of amides is 2. The molecule has 0 aliphatic rings. The van der Waals surface area contributed by atoms with Gasteiger partial charge in [0.15, 0.2) is 0 Å². The van der Waals surface area contributed by atoms with Crippen LogP contribution < -0.4 is 10.6 Å². The highest BCUT2D eigenvalue weighted by Crippen LogP contribution is 2.15. The number of carbonyl (C=O) groups is 2. The highest BCUT2D eigenvalue weighted by molar-refractivity contribution is 5.92. The monoisotopic (exact) mass is 352 g/mol. The Bertz CT molecular complexity index is 677. The molecule has 0 spiro atoms. The summed E-state index contributed by atoms with van der Waals surface area (Å²) in [4.78, 5) is 23.9. The van der Waals surface area contributed by atoms with E-state index in [0.29, 0.717) is 12.8 Å². The molecule has 2 N–H and O–H groups in total. The van der Waals surface area contributed by atoms with Crippen molar-refractivity contribution in [3.05, 3.63) is 59.7 Å². The molecule has 4 heteroatoms. The number of carbonyl (C=O) groups excluding carboxylic acids is 2. The Morgan fingerprint density at radius 3 is 1.42 bits per heavy atom. The number of nitrogens with one attached hydrogen (secondary N) is 2. The van der Waals surface area contributed by atoms with Crippen LogP contribution in [-0.4, -0.2) is 11.8 Å². The molecule has 0 saturated heterocycles. The fourth-order valence-corrected chi connectivity index (χ4v) is 2.78. The van der Waals surface area contributed by atoms with Gasteiger partial charge in [-0.1, -0.05) is 49.2 Å². The average Bonchev–Trinajstić information content (AvgIpc) is 2.62. The van der Waals surface area contributed by atoms with E-state index < -0.39 is 0 Å². The molecule has 0 aliphatic heterocycles. The first-order valence-corrected chi connectivity index (χ1v) is 9.27. The Balaban J connectivity index is 1.56. The van der Waals surface area contributed by atoms with Crippen LogP contribution in [0, 0.1) is 13.8 Å². The van der Waals surface area contributed by atoms with Crippen molar-refractivity contribution in [3.8, 4) is 0 Å². The van der Waals surface area contributed by atoms with Crippen LogP contribution in [0.5, 0.6) is 0 Å². The summed E-state index contributed by atoms with van der Waals surface area (Å²) in [7, 11) is 0. The van der Waals surface area contributed by atoms with Crippen LogP contribution in [0.2, 0.25) is 0 Å². The SMILES string of the molecule is Cc1ccccc1NC(=O)CCCCCCC(=O)Nc1ccccc1C. The minimum absolute atomic E-state index is 0.0524. The van der Waals surface area contributed by atoms with Gasteiger partial charge in [0.2, 0.25) is 11.8 Å². The van der Waals surface area contributed by atoms with Gasteiger partial charge in [-0.3, -0.25) is 9.59 Å². The van der Waals surface area contributed by atoms with E-state index in [0.717, 1.165) is 48.2 Å². The zero-order valence-electron chi connectivity index (χ0n) is 15.7. The topological polar surface area (TPSA) is 58.2 Å². The lowest BCUT2D eigenvalue weighted by atomic mass is 10.1. The number of rotatable bonds is 9. The lowest BCUT2D eigenvalue weighted by Gasteiger charge is -2.08. The lowest BCUT2D eigenvalue weighted by Crippen LogP contribution is -2.12. The van der Waals surface area contributed by atoms with Crippen LogP contribution in [0.1, 0.15) is 49.7 Å². The summed E-state index contributed by atoms with van der Waals surface area (Å²) < 4.78 is 0. The average molecular weight is 352 g/mol. The second kappa shape index (κ2) is 10.4. The first kappa shape index (κ1) is 19.7. The summed E-state index contributed by atoms with van der Waals surface area (Å²) in [6.45, 7) is 3.97. The summed E-state index contributed by atoms with van der Waals surface area (Å²) in [6.07, 6.45) is 4.64. The van der Waals surface area contributed by atoms with Crippen molar-refractivity contribution in [1.82, 2.24) is 0 Å². The van der Waals surface area contributed by atoms with Crippen molar-refractivity contribution in [2.75, 3.05) is 10.6 Å². The molecule has 0 saturated carbocycles. The molecule has 2 amide bonds. The van der Waals surface area contributed by atoms with Crippen LogP contribution in [0.3, 0.4) is 0 Å². The van der Waals surface area contributed by atoms with E-state index in [2.05, 4.69) is 10.6 Å². The number of anilines is 2. The number of unbranched alkanes of at least 4 members (excludes halogenated alkanes) is 3. The summed E-state index contributed by atoms with van der Waals surface area (Å²) in [5.74, 6) is 0.105. The van der Waals surface area contributed by atoms with Gasteiger partial charge in [0.1, 0.15) is 0 Å². The number of hydrogen-bond donors (Lipinski definition) is 2.